The topological polar surface area (TPSA) is 66.4 Å². The van der Waals surface area contributed by atoms with Crippen LogP contribution >= 0.6 is 23.5 Å². The van der Waals surface area contributed by atoms with Gasteiger partial charge in [-0.25, -0.2) is 9.18 Å². The van der Waals surface area contributed by atoms with Crippen LogP contribution in [-0.4, -0.2) is 28.5 Å². The van der Waals surface area contributed by atoms with E-state index in [1.54, 1.807) is 19.1 Å². The van der Waals surface area contributed by atoms with Gasteiger partial charge in [0.1, 0.15) is 5.82 Å². The summed E-state index contributed by atoms with van der Waals surface area (Å²) in [6.45, 7) is 1.55. The average molecular weight is 391 g/mol. The molecule has 1 atom stereocenters. The highest BCUT2D eigenvalue weighted by molar-refractivity contribution is 8.19. The standard InChI is InChI=1S/C19H18FNO3S2/c1-11-10-14(6-7-15(11)20)16(18(23)24)21-17(22)12-2-4-13(5-3-12)19-25-8-9-26-19/h2-7,10,16,19H,8-9H2,1H3,(H,21,22)(H,23,24). The predicted molar refractivity (Wildman–Crippen MR) is 103 cm³/mol. The number of rotatable bonds is 5. The molecule has 2 aromatic carbocycles. The Morgan fingerprint density at radius 1 is 1.15 bits per heavy atom. The van der Waals surface area contributed by atoms with Gasteiger partial charge in [0.05, 0.1) is 4.58 Å². The molecule has 0 aliphatic carbocycles. The number of amides is 1. The van der Waals surface area contributed by atoms with E-state index in [0.29, 0.717) is 21.3 Å². The third-order valence-electron chi connectivity index (χ3n) is 4.10. The molecule has 0 spiro atoms. The smallest absolute Gasteiger partial charge is 0.330 e. The van der Waals surface area contributed by atoms with Gasteiger partial charge in [-0.1, -0.05) is 24.3 Å². The maximum absolute atomic E-state index is 13.4. The Labute approximate surface area is 159 Å². The molecule has 0 radical (unpaired) electrons. The van der Waals surface area contributed by atoms with E-state index in [9.17, 15) is 19.1 Å². The van der Waals surface area contributed by atoms with Gasteiger partial charge in [-0.05, 0) is 41.8 Å². The van der Waals surface area contributed by atoms with Gasteiger partial charge in [0, 0.05) is 17.1 Å². The number of hydrogen-bond donors (Lipinski definition) is 2. The number of aryl methyl sites for hydroxylation is 1. The highest BCUT2D eigenvalue weighted by Gasteiger charge is 2.24. The molecular weight excluding hydrogens is 373 g/mol. The van der Waals surface area contributed by atoms with Crippen LogP contribution < -0.4 is 5.32 Å². The number of hydrogen-bond acceptors (Lipinski definition) is 4. The average Bonchev–Trinajstić information content (AvgIpc) is 3.16. The van der Waals surface area contributed by atoms with Crippen LogP contribution in [0.5, 0.6) is 0 Å². The third-order valence-corrected chi connectivity index (χ3v) is 7.21. The lowest BCUT2D eigenvalue weighted by Crippen LogP contribution is -2.33. The zero-order chi connectivity index (χ0) is 18.7. The quantitative estimate of drug-likeness (QED) is 0.801. The highest BCUT2D eigenvalue weighted by Crippen LogP contribution is 2.45. The molecule has 4 nitrogen and oxygen atoms in total. The highest BCUT2D eigenvalue weighted by atomic mass is 32.2. The minimum absolute atomic E-state index is 0.332. The van der Waals surface area contributed by atoms with Gasteiger partial charge in [0.2, 0.25) is 0 Å². The zero-order valence-corrected chi connectivity index (χ0v) is 15.7. The molecule has 2 aromatic rings. The summed E-state index contributed by atoms with van der Waals surface area (Å²) in [6, 6.07) is 10.0. The van der Waals surface area contributed by atoms with Crippen molar-refractivity contribution in [3.63, 3.8) is 0 Å². The van der Waals surface area contributed by atoms with Gasteiger partial charge < -0.3 is 10.4 Å². The predicted octanol–water partition coefficient (Wildman–Crippen LogP) is 4.17. The van der Waals surface area contributed by atoms with Gasteiger partial charge >= 0.3 is 5.97 Å². The molecule has 1 unspecified atom stereocenters. The number of carbonyl (C=O) groups is 2. The van der Waals surface area contributed by atoms with Gasteiger partial charge in [0.15, 0.2) is 6.04 Å². The summed E-state index contributed by atoms with van der Waals surface area (Å²) in [5.74, 6) is 0.157. The molecule has 1 saturated heterocycles. The normalized spacial score (nSPS) is 15.6. The van der Waals surface area contributed by atoms with Gasteiger partial charge in [-0.3, -0.25) is 4.79 Å². The van der Waals surface area contributed by atoms with Crippen LogP contribution in [0.1, 0.15) is 37.7 Å². The SMILES string of the molecule is Cc1cc(C(NC(=O)c2ccc(C3SCCS3)cc2)C(=O)O)ccc1F. The summed E-state index contributed by atoms with van der Waals surface area (Å²) in [4.78, 5) is 24.0. The van der Waals surface area contributed by atoms with Crippen LogP contribution in [0.2, 0.25) is 0 Å². The third kappa shape index (κ3) is 4.22. The largest absolute Gasteiger partial charge is 0.479 e. The lowest BCUT2D eigenvalue weighted by Gasteiger charge is -2.16. The Bertz CT molecular complexity index is 820. The first kappa shape index (κ1) is 18.8. The molecule has 1 fully saturated rings. The lowest BCUT2D eigenvalue weighted by molar-refractivity contribution is -0.139. The summed E-state index contributed by atoms with van der Waals surface area (Å²) in [6.07, 6.45) is 0. The van der Waals surface area contributed by atoms with Crippen LogP contribution in [0.3, 0.4) is 0 Å². The van der Waals surface area contributed by atoms with Gasteiger partial charge in [-0.15, -0.1) is 23.5 Å². The van der Waals surface area contributed by atoms with Crippen molar-refractivity contribution in [2.24, 2.45) is 0 Å². The van der Waals surface area contributed by atoms with Crippen molar-refractivity contribution in [3.8, 4) is 0 Å². The van der Waals surface area contributed by atoms with Crippen LogP contribution in [0.25, 0.3) is 0 Å². The number of carboxylic acids is 1. The molecule has 0 saturated carbocycles. The maximum atomic E-state index is 13.4. The first-order chi connectivity index (χ1) is 12.5. The van der Waals surface area contributed by atoms with Crippen molar-refractivity contribution in [2.45, 2.75) is 17.5 Å². The van der Waals surface area contributed by atoms with Crippen molar-refractivity contribution in [1.82, 2.24) is 5.32 Å². The van der Waals surface area contributed by atoms with E-state index in [2.05, 4.69) is 5.32 Å². The second-order valence-electron chi connectivity index (χ2n) is 5.95. The molecular formula is C19H18FNO3S2. The van der Waals surface area contributed by atoms with Crippen molar-refractivity contribution in [2.75, 3.05) is 11.5 Å². The summed E-state index contributed by atoms with van der Waals surface area (Å²) in [5.41, 5.74) is 2.21. The number of nitrogens with one attached hydrogen (secondary N) is 1. The molecule has 3 rings (SSSR count). The Morgan fingerprint density at radius 3 is 2.38 bits per heavy atom. The molecule has 1 aliphatic heterocycles. The number of halogens is 1. The van der Waals surface area contributed by atoms with Crippen molar-refractivity contribution in [3.05, 3.63) is 70.5 Å². The van der Waals surface area contributed by atoms with Gasteiger partial charge in [0.25, 0.3) is 5.91 Å². The van der Waals surface area contributed by atoms with Gasteiger partial charge in [-0.2, -0.15) is 0 Å². The lowest BCUT2D eigenvalue weighted by atomic mass is 10.0. The Morgan fingerprint density at radius 2 is 1.81 bits per heavy atom. The maximum Gasteiger partial charge on any atom is 0.330 e. The second kappa shape index (κ2) is 8.14. The van der Waals surface area contributed by atoms with Crippen molar-refractivity contribution >= 4 is 35.4 Å². The number of carbonyl (C=O) groups excluding carboxylic acids is 1. The number of aliphatic carboxylic acids is 1. The molecule has 7 heteroatoms. The minimum Gasteiger partial charge on any atom is -0.479 e. The zero-order valence-electron chi connectivity index (χ0n) is 14.1. The second-order valence-corrected chi connectivity index (χ2v) is 8.67. The molecule has 0 bridgehead atoms. The Kier molecular flexibility index (Phi) is 5.88. The Balaban J connectivity index is 1.75. The molecule has 1 aliphatic rings. The Hall–Kier alpha value is -1.99. The van der Waals surface area contributed by atoms with E-state index in [4.69, 9.17) is 0 Å². The summed E-state index contributed by atoms with van der Waals surface area (Å²) in [5, 5.41) is 12.0. The van der Waals surface area contributed by atoms with E-state index in [1.807, 2.05) is 35.7 Å². The van der Waals surface area contributed by atoms with Crippen molar-refractivity contribution < 1.29 is 19.1 Å². The van der Waals surface area contributed by atoms with E-state index >= 15 is 0 Å². The van der Waals surface area contributed by atoms with E-state index in [0.717, 1.165) is 17.1 Å². The molecule has 26 heavy (non-hydrogen) atoms. The summed E-state index contributed by atoms with van der Waals surface area (Å²) in [7, 11) is 0. The van der Waals surface area contributed by atoms with Crippen LogP contribution in [0, 0.1) is 12.7 Å². The van der Waals surface area contributed by atoms with Crippen LogP contribution in [0.4, 0.5) is 4.39 Å². The fourth-order valence-corrected chi connectivity index (χ4v) is 5.55. The molecule has 1 amide bonds. The summed E-state index contributed by atoms with van der Waals surface area (Å²) >= 11 is 3.76. The molecule has 1 heterocycles. The van der Waals surface area contributed by atoms with E-state index in [1.165, 1.54) is 18.2 Å². The van der Waals surface area contributed by atoms with Crippen LogP contribution in [0.15, 0.2) is 42.5 Å². The molecule has 0 aromatic heterocycles. The fourth-order valence-electron chi connectivity index (χ4n) is 2.69. The first-order valence-electron chi connectivity index (χ1n) is 8.08. The number of carboxylic acid groups (broad SMARTS) is 1. The fraction of sp³-hybridized carbons (Fsp3) is 0.263. The van der Waals surface area contributed by atoms with Crippen molar-refractivity contribution in [1.29, 1.82) is 0 Å². The van der Waals surface area contributed by atoms with E-state index in [-0.39, 0.29) is 0 Å². The molecule has 2 N–H and O–H groups in total. The monoisotopic (exact) mass is 391 g/mol. The number of benzene rings is 2. The summed E-state index contributed by atoms with van der Waals surface area (Å²) < 4.78 is 13.8. The first-order valence-corrected chi connectivity index (χ1v) is 10.2. The molecule has 136 valence electrons. The van der Waals surface area contributed by atoms with E-state index < -0.39 is 23.7 Å². The minimum atomic E-state index is -1.23. The number of thioether (sulfide) groups is 2. The van der Waals surface area contributed by atoms with Crippen LogP contribution in [-0.2, 0) is 4.79 Å².